The second-order valence-corrected chi connectivity index (χ2v) is 6.88. The molecule has 3 aromatic rings. The number of aryl methyl sites for hydroxylation is 1. The number of fused-ring (bicyclic) bond motifs is 4. The lowest BCUT2D eigenvalue weighted by molar-refractivity contribution is -0.187. The van der Waals surface area contributed by atoms with E-state index in [9.17, 15) is 17.6 Å². The van der Waals surface area contributed by atoms with Crippen LogP contribution in [0.25, 0.3) is 5.69 Å². The summed E-state index contributed by atoms with van der Waals surface area (Å²) in [6.45, 7) is 0.0457. The predicted molar refractivity (Wildman–Crippen MR) is 95.4 cm³/mol. The molecule has 0 amide bonds. The van der Waals surface area contributed by atoms with Crippen LogP contribution in [-0.2, 0) is 13.0 Å². The Morgan fingerprint density at radius 3 is 2.79 bits per heavy atom. The van der Waals surface area contributed by atoms with Crippen LogP contribution in [0.2, 0.25) is 0 Å². The van der Waals surface area contributed by atoms with Crippen LogP contribution in [0, 0.1) is 11.6 Å². The van der Waals surface area contributed by atoms with E-state index in [4.69, 9.17) is 4.74 Å². The molecule has 2 aliphatic rings. The van der Waals surface area contributed by atoms with E-state index in [1.54, 1.807) is 35.0 Å². The first-order valence-corrected chi connectivity index (χ1v) is 8.82. The van der Waals surface area contributed by atoms with Crippen molar-refractivity contribution in [3.63, 3.8) is 0 Å². The van der Waals surface area contributed by atoms with Gasteiger partial charge in [0.2, 0.25) is 0 Å². The van der Waals surface area contributed by atoms with Gasteiger partial charge in [-0.2, -0.15) is 8.78 Å². The fraction of sp³-hybridized carbons (Fsp3) is 0.190. The molecule has 3 nitrogen and oxygen atoms in total. The molecule has 7 heteroatoms. The number of hydrogen-bond donors (Lipinski definition) is 0. The first-order chi connectivity index (χ1) is 13.4. The van der Waals surface area contributed by atoms with Gasteiger partial charge in [0.15, 0.2) is 0 Å². The molecule has 0 unspecified atom stereocenters. The van der Waals surface area contributed by atoms with Gasteiger partial charge < -0.3 is 9.30 Å². The highest BCUT2D eigenvalue weighted by molar-refractivity contribution is 6.12. The summed E-state index contributed by atoms with van der Waals surface area (Å²) in [5.41, 5.74) is 3.34. The monoisotopic (exact) mass is 386 g/mol. The van der Waals surface area contributed by atoms with Crippen LogP contribution < -0.4 is 4.74 Å². The molecule has 0 atom stereocenters. The Balaban J connectivity index is 1.63. The molecule has 3 heterocycles. The zero-order chi connectivity index (χ0) is 19.5. The molecular formula is C21H14F4N2O. The number of ether oxygens (including phenoxy) is 1. The molecule has 0 N–H and O–H groups in total. The van der Waals surface area contributed by atoms with Gasteiger partial charge in [0.05, 0.1) is 30.1 Å². The molecular weight excluding hydrogens is 372 g/mol. The van der Waals surface area contributed by atoms with Crippen molar-refractivity contribution in [3.8, 4) is 11.4 Å². The van der Waals surface area contributed by atoms with E-state index in [-0.39, 0.29) is 25.1 Å². The van der Waals surface area contributed by atoms with Crippen LogP contribution in [0.15, 0.2) is 53.7 Å². The number of alkyl halides is 2. The minimum absolute atomic E-state index is 0.0457. The highest BCUT2D eigenvalue weighted by Crippen LogP contribution is 2.36. The number of aliphatic imine (C=N–C) groups is 1. The van der Waals surface area contributed by atoms with Crippen LogP contribution in [0.1, 0.15) is 28.8 Å². The molecule has 2 aromatic carbocycles. The topological polar surface area (TPSA) is 26.5 Å². The van der Waals surface area contributed by atoms with E-state index in [0.29, 0.717) is 33.8 Å². The summed E-state index contributed by atoms with van der Waals surface area (Å²) in [4.78, 5) is 4.56. The van der Waals surface area contributed by atoms with Crippen molar-refractivity contribution < 1.29 is 22.3 Å². The van der Waals surface area contributed by atoms with Crippen molar-refractivity contribution in [2.45, 2.75) is 25.5 Å². The standard InChI is InChI=1S/C21H14F4N2O/c22-14-9-16(23)15-11-26-20(17-2-1-7-27(17)18(15)10-14)13-3-4-19-12(8-13)5-6-21(24,25)28-19/h1-4,7-10H,5-6,11H2. The molecule has 28 heavy (non-hydrogen) atoms. The van der Waals surface area contributed by atoms with Crippen LogP contribution in [0.3, 0.4) is 0 Å². The molecule has 142 valence electrons. The second kappa shape index (κ2) is 5.95. The fourth-order valence-corrected chi connectivity index (χ4v) is 3.74. The van der Waals surface area contributed by atoms with E-state index in [1.807, 2.05) is 0 Å². The molecule has 0 radical (unpaired) electrons. The van der Waals surface area contributed by atoms with Crippen molar-refractivity contribution in [1.29, 1.82) is 0 Å². The summed E-state index contributed by atoms with van der Waals surface area (Å²) >= 11 is 0. The summed E-state index contributed by atoms with van der Waals surface area (Å²) < 4.78 is 61.5. The average Bonchev–Trinajstić information content (AvgIpc) is 3.06. The maximum atomic E-state index is 14.3. The quantitative estimate of drug-likeness (QED) is 0.539. The number of halogens is 4. The first kappa shape index (κ1) is 17.0. The predicted octanol–water partition coefficient (Wildman–Crippen LogP) is 5.02. The highest BCUT2D eigenvalue weighted by atomic mass is 19.3. The van der Waals surface area contributed by atoms with Gasteiger partial charge in [-0.05, 0) is 48.4 Å². The molecule has 0 saturated carbocycles. The molecule has 0 spiro atoms. The number of hydrogen-bond acceptors (Lipinski definition) is 2. The Morgan fingerprint density at radius 1 is 1.07 bits per heavy atom. The van der Waals surface area contributed by atoms with Crippen LogP contribution >= 0.6 is 0 Å². The molecule has 0 aliphatic carbocycles. The molecule has 0 fully saturated rings. The summed E-state index contributed by atoms with van der Waals surface area (Å²) in [7, 11) is 0. The van der Waals surface area contributed by atoms with Gasteiger partial charge in [0.1, 0.15) is 17.4 Å². The number of aromatic nitrogens is 1. The lowest BCUT2D eigenvalue weighted by Gasteiger charge is -2.25. The van der Waals surface area contributed by atoms with E-state index < -0.39 is 17.7 Å². The lowest BCUT2D eigenvalue weighted by atomic mass is 9.99. The maximum absolute atomic E-state index is 14.3. The normalized spacial score (nSPS) is 16.9. The number of nitrogens with zero attached hydrogens (tertiary/aromatic N) is 2. The van der Waals surface area contributed by atoms with Crippen LogP contribution in [0.5, 0.6) is 5.75 Å². The van der Waals surface area contributed by atoms with Gasteiger partial charge >= 0.3 is 6.11 Å². The number of benzene rings is 2. The summed E-state index contributed by atoms with van der Waals surface area (Å²) in [6, 6.07) is 10.6. The number of rotatable bonds is 1. The van der Waals surface area contributed by atoms with Crippen molar-refractivity contribution >= 4 is 5.71 Å². The second-order valence-electron chi connectivity index (χ2n) is 6.88. The molecule has 2 aliphatic heterocycles. The van der Waals surface area contributed by atoms with Gasteiger partial charge in [0.25, 0.3) is 0 Å². The highest BCUT2D eigenvalue weighted by Gasteiger charge is 2.36. The van der Waals surface area contributed by atoms with Crippen molar-refractivity contribution in [1.82, 2.24) is 4.57 Å². The zero-order valence-corrected chi connectivity index (χ0v) is 14.6. The lowest BCUT2D eigenvalue weighted by Crippen LogP contribution is -2.29. The Kier molecular flexibility index (Phi) is 3.62. The average molecular weight is 386 g/mol. The molecule has 5 rings (SSSR count). The third kappa shape index (κ3) is 2.69. The molecule has 0 bridgehead atoms. The van der Waals surface area contributed by atoms with Gasteiger partial charge in [-0.3, -0.25) is 4.99 Å². The fourth-order valence-electron chi connectivity index (χ4n) is 3.74. The van der Waals surface area contributed by atoms with E-state index >= 15 is 0 Å². The first-order valence-electron chi connectivity index (χ1n) is 8.82. The minimum atomic E-state index is -3.16. The Bertz CT molecular complexity index is 1130. The van der Waals surface area contributed by atoms with Crippen molar-refractivity contribution in [3.05, 3.63) is 82.7 Å². The van der Waals surface area contributed by atoms with Gasteiger partial charge in [0, 0.05) is 23.4 Å². The Morgan fingerprint density at radius 2 is 1.93 bits per heavy atom. The Labute approximate surface area is 157 Å². The van der Waals surface area contributed by atoms with Gasteiger partial charge in [-0.1, -0.05) is 0 Å². The molecule has 1 aromatic heterocycles. The van der Waals surface area contributed by atoms with E-state index in [0.717, 1.165) is 6.07 Å². The van der Waals surface area contributed by atoms with E-state index in [2.05, 4.69) is 4.99 Å². The Hall–Kier alpha value is -3.09. The van der Waals surface area contributed by atoms with Crippen molar-refractivity contribution in [2.75, 3.05) is 0 Å². The molecule has 0 saturated heterocycles. The van der Waals surface area contributed by atoms with Crippen molar-refractivity contribution in [2.24, 2.45) is 4.99 Å². The van der Waals surface area contributed by atoms with Gasteiger partial charge in [-0.25, -0.2) is 8.78 Å². The van der Waals surface area contributed by atoms with Crippen LogP contribution in [0.4, 0.5) is 17.6 Å². The largest absolute Gasteiger partial charge is 0.432 e. The summed E-state index contributed by atoms with van der Waals surface area (Å²) in [5.74, 6) is -1.16. The smallest absolute Gasteiger partial charge is 0.398 e. The third-order valence-corrected chi connectivity index (χ3v) is 5.06. The summed E-state index contributed by atoms with van der Waals surface area (Å²) in [6.07, 6.45) is -1.64. The zero-order valence-electron chi connectivity index (χ0n) is 14.6. The van der Waals surface area contributed by atoms with E-state index in [1.165, 1.54) is 12.1 Å². The van der Waals surface area contributed by atoms with Gasteiger partial charge in [-0.15, -0.1) is 0 Å². The maximum Gasteiger partial charge on any atom is 0.398 e. The summed E-state index contributed by atoms with van der Waals surface area (Å²) in [5, 5.41) is 0. The SMILES string of the molecule is Fc1cc(F)c2c(c1)-n1cccc1C(c1ccc3c(c1)CCC(F)(F)O3)=NC2. The minimum Gasteiger partial charge on any atom is -0.432 e. The van der Waals surface area contributed by atoms with Crippen LogP contribution in [-0.4, -0.2) is 16.4 Å². The third-order valence-electron chi connectivity index (χ3n) is 5.06.